The third-order valence-electron chi connectivity index (χ3n) is 2.18. The fourth-order valence-electron chi connectivity index (χ4n) is 1.45. The van der Waals surface area contributed by atoms with Gasteiger partial charge >= 0.3 is 5.97 Å². The molecule has 78 valence electrons. The van der Waals surface area contributed by atoms with Gasteiger partial charge in [-0.15, -0.1) is 0 Å². The van der Waals surface area contributed by atoms with Crippen LogP contribution in [0.5, 0.6) is 0 Å². The van der Waals surface area contributed by atoms with Crippen molar-refractivity contribution in [3.05, 3.63) is 0 Å². The summed E-state index contributed by atoms with van der Waals surface area (Å²) in [7, 11) is 1.63. The Balaban J connectivity index is 4.20. The van der Waals surface area contributed by atoms with Crippen molar-refractivity contribution in [3.63, 3.8) is 0 Å². The predicted molar refractivity (Wildman–Crippen MR) is 51.5 cm³/mol. The van der Waals surface area contributed by atoms with Crippen molar-refractivity contribution in [1.29, 1.82) is 0 Å². The van der Waals surface area contributed by atoms with E-state index in [1.807, 2.05) is 20.8 Å². The van der Waals surface area contributed by atoms with Gasteiger partial charge in [-0.3, -0.25) is 4.79 Å². The monoisotopic (exact) mass is 188 g/mol. The molecule has 0 rings (SSSR count). The maximum absolute atomic E-state index is 11.4. The van der Waals surface area contributed by atoms with Gasteiger partial charge in [0.1, 0.15) is 0 Å². The van der Waals surface area contributed by atoms with Crippen LogP contribution in [-0.4, -0.2) is 25.8 Å². The Labute approximate surface area is 80.4 Å². The molecule has 3 nitrogen and oxygen atoms in total. The lowest BCUT2D eigenvalue weighted by Gasteiger charge is -2.21. The van der Waals surface area contributed by atoms with Gasteiger partial charge in [-0.05, 0) is 19.8 Å². The van der Waals surface area contributed by atoms with Crippen molar-refractivity contribution in [2.24, 2.45) is 5.92 Å². The number of hydrogen-bond donors (Lipinski definition) is 0. The van der Waals surface area contributed by atoms with E-state index >= 15 is 0 Å². The number of methoxy groups -OCH3 is 1. The minimum atomic E-state index is -0.140. The lowest BCUT2D eigenvalue weighted by atomic mass is 9.97. The molecule has 0 aromatic carbocycles. The molecule has 13 heavy (non-hydrogen) atoms. The third kappa shape index (κ3) is 3.77. The van der Waals surface area contributed by atoms with Gasteiger partial charge in [-0.25, -0.2) is 0 Å². The summed E-state index contributed by atoms with van der Waals surface area (Å²) in [6, 6.07) is 0. The van der Waals surface area contributed by atoms with E-state index in [0.29, 0.717) is 6.61 Å². The van der Waals surface area contributed by atoms with Crippen LogP contribution < -0.4 is 0 Å². The molecular weight excluding hydrogens is 168 g/mol. The zero-order valence-electron chi connectivity index (χ0n) is 9.00. The van der Waals surface area contributed by atoms with Crippen LogP contribution in [0.1, 0.15) is 33.6 Å². The first-order valence-corrected chi connectivity index (χ1v) is 4.90. The van der Waals surface area contributed by atoms with E-state index in [2.05, 4.69) is 0 Å². The molecule has 0 saturated heterocycles. The molecule has 0 aromatic heterocycles. The van der Waals surface area contributed by atoms with E-state index in [1.54, 1.807) is 7.11 Å². The second-order valence-corrected chi connectivity index (χ2v) is 2.95. The van der Waals surface area contributed by atoms with E-state index < -0.39 is 0 Å². The summed E-state index contributed by atoms with van der Waals surface area (Å²) in [5, 5.41) is 0. The summed E-state index contributed by atoms with van der Waals surface area (Å²) >= 11 is 0. The normalized spacial score (nSPS) is 15.1. The number of ether oxygens (including phenoxy) is 2. The zero-order valence-corrected chi connectivity index (χ0v) is 9.00. The van der Waals surface area contributed by atoms with E-state index in [-0.39, 0.29) is 18.0 Å². The molecule has 0 aromatic rings. The van der Waals surface area contributed by atoms with Gasteiger partial charge in [0, 0.05) is 7.11 Å². The minimum Gasteiger partial charge on any atom is -0.466 e. The summed E-state index contributed by atoms with van der Waals surface area (Å²) < 4.78 is 10.2. The fraction of sp³-hybridized carbons (Fsp3) is 0.900. The van der Waals surface area contributed by atoms with Gasteiger partial charge in [-0.2, -0.15) is 0 Å². The maximum atomic E-state index is 11.4. The Morgan fingerprint density at radius 1 is 1.23 bits per heavy atom. The van der Waals surface area contributed by atoms with E-state index in [9.17, 15) is 4.79 Å². The molecule has 0 aliphatic carbocycles. The van der Waals surface area contributed by atoms with Gasteiger partial charge in [0.25, 0.3) is 0 Å². The fourth-order valence-corrected chi connectivity index (χ4v) is 1.45. The Kier molecular flexibility index (Phi) is 6.59. The van der Waals surface area contributed by atoms with Crippen LogP contribution in [0.15, 0.2) is 0 Å². The molecule has 0 heterocycles. The number of hydrogen-bond acceptors (Lipinski definition) is 3. The standard InChI is InChI=1S/C10H20O3/c1-5-8(9(6-2)12-4)10(11)13-7-3/h8-9H,5-7H2,1-4H3. The molecule has 0 saturated carbocycles. The van der Waals surface area contributed by atoms with Crippen molar-refractivity contribution >= 4 is 5.97 Å². The number of rotatable bonds is 6. The van der Waals surface area contributed by atoms with Crippen molar-refractivity contribution < 1.29 is 14.3 Å². The molecule has 2 unspecified atom stereocenters. The topological polar surface area (TPSA) is 35.5 Å². The van der Waals surface area contributed by atoms with Gasteiger partial charge in [-0.1, -0.05) is 13.8 Å². The molecule has 0 amide bonds. The third-order valence-corrected chi connectivity index (χ3v) is 2.18. The Bertz CT molecular complexity index is 141. The van der Waals surface area contributed by atoms with E-state index in [4.69, 9.17) is 9.47 Å². The van der Waals surface area contributed by atoms with Crippen molar-refractivity contribution in [1.82, 2.24) is 0 Å². The number of carbonyl (C=O) groups excluding carboxylic acids is 1. The van der Waals surface area contributed by atoms with Crippen LogP contribution in [0.3, 0.4) is 0 Å². The lowest BCUT2D eigenvalue weighted by Crippen LogP contribution is -2.30. The van der Waals surface area contributed by atoms with Gasteiger partial charge in [0.15, 0.2) is 0 Å². The Morgan fingerprint density at radius 2 is 1.85 bits per heavy atom. The lowest BCUT2D eigenvalue weighted by molar-refractivity contribution is -0.153. The molecule has 0 aliphatic heterocycles. The highest BCUT2D eigenvalue weighted by molar-refractivity contribution is 5.73. The number of esters is 1. The highest BCUT2D eigenvalue weighted by Gasteiger charge is 2.26. The molecule has 0 spiro atoms. The van der Waals surface area contributed by atoms with Crippen molar-refractivity contribution in [2.75, 3.05) is 13.7 Å². The van der Waals surface area contributed by atoms with Gasteiger partial charge in [0.2, 0.25) is 0 Å². The van der Waals surface area contributed by atoms with Gasteiger partial charge < -0.3 is 9.47 Å². The minimum absolute atomic E-state index is 0.0101. The van der Waals surface area contributed by atoms with E-state index in [1.165, 1.54) is 0 Å². The molecule has 3 heteroatoms. The highest BCUT2D eigenvalue weighted by Crippen LogP contribution is 2.16. The molecule has 0 N–H and O–H groups in total. The molecule has 0 aliphatic rings. The first-order valence-electron chi connectivity index (χ1n) is 4.90. The zero-order chi connectivity index (χ0) is 10.3. The number of carbonyl (C=O) groups is 1. The largest absolute Gasteiger partial charge is 0.466 e. The summed E-state index contributed by atoms with van der Waals surface area (Å²) in [6.07, 6.45) is 1.60. The van der Waals surface area contributed by atoms with E-state index in [0.717, 1.165) is 12.8 Å². The average Bonchev–Trinajstić information content (AvgIpc) is 2.14. The summed E-state index contributed by atoms with van der Waals surface area (Å²) in [5.74, 6) is -0.256. The molecule has 0 fully saturated rings. The molecule has 0 bridgehead atoms. The van der Waals surface area contributed by atoms with Crippen LogP contribution in [0, 0.1) is 5.92 Å². The highest BCUT2D eigenvalue weighted by atomic mass is 16.5. The SMILES string of the molecule is CCOC(=O)C(CC)C(CC)OC. The maximum Gasteiger partial charge on any atom is 0.311 e. The second kappa shape index (κ2) is 6.89. The van der Waals surface area contributed by atoms with Gasteiger partial charge in [0.05, 0.1) is 18.6 Å². The summed E-state index contributed by atoms with van der Waals surface area (Å²) in [5.41, 5.74) is 0. The molecule has 0 radical (unpaired) electrons. The quantitative estimate of drug-likeness (QED) is 0.598. The summed E-state index contributed by atoms with van der Waals surface area (Å²) in [4.78, 5) is 11.4. The molecule has 2 atom stereocenters. The smallest absolute Gasteiger partial charge is 0.311 e. The van der Waals surface area contributed by atoms with Crippen LogP contribution in [0.25, 0.3) is 0 Å². The Hall–Kier alpha value is -0.570. The van der Waals surface area contributed by atoms with Crippen LogP contribution >= 0.6 is 0 Å². The first kappa shape index (κ1) is 12.4. The molecular formula is C10H20O3. The average molecular weight is 188 g/mol. The van der Waals surface area contributed by atoms with Crippen LogP contribution in [-0.2, 0) is 14.3 Å². The van der Waals surface area contributed by atoms with Crippen molar-refractivity contribution in [2.45, 2.75) is 39.7 Å². The summed E-state index contributed by atoms with van der Waals surface area (Å²) in [6.45, 7) is 6.24. The Morgan fingerprint density at radius 3 is 2.15 bits per heavy atom. The van der Waals surface area contributed by atoms with Crippen LogP contribution in [0.2, 0.25) is 0 Å². The predicted octanol–water partition coefficient (Wildman–Crippen LogP) is 2.00. The second-order valence-electron chi connectivity index (χ2n) is 2.95. The van der Waals surface area contributed by atoms with Crippen molar-refractivity contribution in [3.8, 4) is 0 Å². The first-order chi connectivity index (χ1) is 6.21. The van der Waals surface area contributed by atoms with Crippen LogP contribution in [0.4, 0.5) is 0 Å².